The number of nitrogens with one attached hydrogen (secondary N) is 2. The minimum Gasteiger partial charge on any atom is -0.358 e. The number of aromatic nitrogens is 1. The highest BCUT2D eigenvalue weighted by Crippen LogP contribution is 2.29. The van der Waals surface area contributed by atoms with Crippen molar-refractivity contribution in [2.75, 3.05) is 20.1 Å². The van der Waals surface area contributed by atoms with E-state index in [0.29, 0.717) is 6.54 Å². The topological polar surface area (TPSA) is 54.0 Å². The first kappa shape index (κ1) is 11.1. The van der Waals surface area contributed by atoms with Gasteiger partial charge < -0.3 is 10.6 Å². The lowest BCUT2D eigenvalue weighted by atomic mass is 9.76. The van der Waals surface area contributed by atoms with E-state index in [4.69, 9.17) is 0 Å². The van der Waals surface area contributed by atoms with Crippen LogP contribution in [-0.4, -0.2) is 31.0 Å². The van der Waals surface area contributed by atoms with Gasteiger partial charge in [0.15, 0.2) is 0 Å². The molecule has 0 unspecified atom stereocenters. The van der Waals surface area contributed by atoms with Crippen molar-refractivity contribution >= 4 is 5.91 Å². The van der Waals surface area contributed by atoms with E-state index in [1.807, 2.05) is 18.2 Å². The number of hydrogen-bond donors (Lipinski definition) is 2. The van der Waals surface area contributed by atoms with Crippen molar-refractivity contribution in [2.45, 2.75) is 18.3 Å². The maximum atomic E-state index is 12.1. The van der Waals surface area contributed by atoms with Crippen LogP contribution >= 0.6 is 0 Å². The summed E-state index contributed by atoms with van der Waals surface area (Å²) in [6.07, 6.45) is 3.61. The molecule has 0 spiro atoms. The highest BCUT2D eigenvalue weighted by molar-refractivity contribution is 5.88. The van der Waals surface area contributed by atoms with Crippen molar-refractivity contribution in [1.82, 2.24) is 15.6 Å². The molecule has 0 bridgehead atoms. The smallest absolute Gasteiger partial charge is 0.233 e. The molecule has 2 heterocycles. The first-order valence-electron chi connectivity index (χ1n) is 5.64. The number of carbonyl (C=O) groups is 1. The van der Waals surface area contributed by atoms with Gasteiger partial charge in [-0.05, 0) is 31.5 Å². The number of pyridine rings is 1. The van der Waals surface area contributed by atoms with Gasteiger partial charge in [-0.2, -0.15) is 0 Å². The molecular weight excluding hydrogens is 202 g/mol. The van der Waals surface area contributed by atoms with Crippen LogP contribution in [0.25, 0.3) is 0 Å². The van der Waals surface area contributed by atoms with Crippen molar-refractivity contribution in [3.8, 4) is 0 Å². The Morgan fingerprint density at radius 3 is 3.00 bits per heavy atom. The number of nitrogens with zero attached hydrogens (tertiary/aromatic N) is 1. The maximum Gasteiger partial charge on any atom is 0.233 e. The average Bonchev–Trinajstić information content (AvgIpc) is 2.39. The maximum absolute atomic E-state index is 12.1. The van der Waals surface area contributed by atoms with E-state index in [0.717, 1.165) is 25.1 Å². The zero-order chi connectivity index (χ0) is 11.4. The highest BCUT2D eigenvalue weighted by atomic mass is 16.2. The van der Waals surface area contributed by atoms with Crippen molar-refractivity contribution in [3.05, 3.63) is 30.1 Å². The fourth-order valence-electron chi connectivity index (χ4n) is 2.32. The van der Waals surface area contributed by atoms with E-state index in [9.17, 15) is 4.79 Å². The molecule has 2 rings (SSSR count). The van der Waals surface area contributed by atoms with Gasteiger partial charge in [0.25, 0.3) is 0 Å². The molecule has 16 heavy (non-hydrogen) atoms. The summed E-state index contributed by atoms with van der Waals surface area (Å²) in [7, 11) is 1.68. The molecule has 4 heteroatoms. The van der Waals surface area contributed by atoms with Gasteiger partial charge >= 0.3 is 0 Å². The van der Waals surface area contributed by atoms with E-state index in [-0.39, 0.29) is 5.91 Å². The Labute approximate surface area is 95.5 Å². The number of carbonyl (C=O) groups excluding carboxylic acids is 1. The Kier molecular flexibility index (Phi) is 3.19. The van der Waals surface area contributed by atoms with Crippen molar-refractivity contribution in [1.29, 1.82) is 0 Å². The normalized spacial score (nSPS) is 25.1. The predicted molar refractivity (Wildman–Crippen MR) is 62.1 cm³/mol. The monoisotopic (exact) mass is 219 g/mol. The van der Waals surface area contributed by atoms with Gasteiger partial charge in [0.05, 0.1) is 5.69 Å². The molecule has 0 aromatic carbocycles. The van der Waals surface area contributed by atoms with Crippen LogP contribution in [0.15, 0.2) is 24.4 Å². The van der Waals surface area contributed by atoms with Crippen LogP contribution in [0.1, 0.15) is 18.5 Å². The lowest BCUT2D eigenvalue weighted by Gasteiger charge is -2.35. The van der Waals surface area contributed by atoms with E-state index >= 15 is 0 Å². The molecule has 1 saturated heterocycles. The molecular formula is C12H17N3O. The van der Waals surface area contributed by atoms with E-state index in [1.165, 1.54) is 0 Å². The Bertz CT molecular complexity index is 358. The van der Waals surface area contributed by atoms with Crippen LogP contribution in [-0.2, 0) is 10.2 Å². The molecule has 0 aliphatic carbocycles. The van der Waals surface area contributed by atoms with Gasteiger partial charge in [0, 0.05) is 19.8 Å². The first-order chi connectivity index (χ1) is 7.79. The largest absolute Gasteiger partial charge is 0.358 e. The second kappa shape index (κ2) is 4.61. The number of hydrogen-bond acceptors (Lipinski definition) is 3. The molecule has 0 radical (unpaired) electrons. The van der Waals surface area contributed by atoms with Crippen LogP contribution in [0, 0.1) is 0 Å². The first-order valence-corrected chi connectivity index (χ1v) is 5.64. The molecule has 86 valence electrons. The van der Waals surface area contributed by atoms with Crippen molar-refractivity contribution < 1.29 is 4.79 Å². The molecule has 1 fully saturated rings. The van der Waals surface area contributed by atoms with Crippen LogP contribution < -0.4 is 10.6 Å². The molecule has 0 saturated carbocycles. The van der Waals surface area contributed by atoms with E-state index in [1.54, 1.807) is 13.2 Å². The molecule has 2 N–H and O–H groups in total. The minimum absolute atomic E-state index is 0.0541. The highest BCUT2D eigenvalue weighted by Gasteiger charge is 2.41. The molecule has 4 nitrogen and oxygen atoms in total. The number of rotatable bonds is 2. The Hall–Kier alpha value is -1.42. The van der Waals surface area contributed by atoms with Gasteiger partial charge in [0.2, 0.25) is 5.91 Å². The summed E-state index contributed by atoms with van der Waals surface area (Å²) in [6.45, 7) is 1.65. The third kappa shape index (κ3) is 1.80. The van der Waals surface area contributed by atoms with E-state index in [2.05, 4.69) is 15.6 Å². The summed E-state index contributed by atoms with van der Waals surface area (Å²) in [5, 5.41) is 6.04. The summed E-state index contributed by atoms with van der Waals surface area (Å²) in [5.41, 5.74) is 0.371. The van der Waals surface area contributed by atoms with Gasteiger partial charge in [-0.25, -0.2) is 0 Å². The van der Waals surface area contributed by atoms with Crippen LogP contribution in [0.3, 0.4) is 0 Å². The lowest BCUT2D eigenvalue weighted by Crippen LogP contribution is -2.53. The zero-order valence-electron chi connectivity index (χ0n) is 9.49. The molecule has 1 atom stereocenters. The van der Waals surface area contributed by atoms with Gasteiger partial charge in [0.1, 0.15) is 5.41 Å². The molecule has 1 aromatic heterocycles. The second-order valence-electron chi connectivity index (χ2n) is 4.16. The lowest BCUT2D eigenvalue weighted by molar-refractivity contribution is -0.127. The van der Waals surface area contributed by atoms with Gasteiger partial charge in [-0.1, -0.05) is 6.07 Å². The standard InChI is InChI=1S/C12H17N3O/c1-13-11(16)12(6-4-7-14-9-12)10-5-2-3-8-15-10/h2-3,5,8,14H,4,6-7,9H2,1H3,(H,13,16)/t12-/m0/s1. The summed E-state index contributed by atoms with van der Waals surface area (Å²) >= 11 is 0. The van der Waals surface area contributed by atoms with Crippen LogP contribution in [0.2, 0.25) is 0 Å². The van der Waals surface area contributed by atoms with Gasteiger partial charge in [-0.3, -0.25) is 9.78 Å². The SMILES string of the molecule is CNC(=O)[C@@]1(c2ccccn2)CCCNC1. The van der Waals surface area contributed by atoms with Crippen LogP contribution in [0.4, 0.5) is 0 Å². The molecule has 1 aromatic rings. The predicted octanol–water partition coefficient (Wildman–Crippen LogP) is 0.449. The fraction of sp³-hybridized carbons (Fsp3) is 0.500. The van der Waals surface area contributed by atoms with Gasteiger partial charge in [-0.15, -0.1) is 0 Å². The van der Waals surface area contributed by atoms with E-state index < -0.39 is 5.41 Å². The zero-order valence-corrected chi connectivity index (χ0v) is 9.49. The van der Waals surface area contributed by atoms with Crippen molar-refractivity contribution in [2.24, 2.45) is 0 Å². The second-order valence-corrected chi connectivity index (χ2v) is 4.16. The number of piperidine rings is 1. The molecule has 1 amide bonds. The Balaban J connectivity index is 2.38. The fourth-order valence-corrected chi connectivity index (χ4v) is 2.32. The Morgan fingerprint density at radius 1 is 1.56 bits per heavy atom. The minimum atomic E-state index is -0.492. The number of amides is 1. The summed E-state index contributed by atoms with van der Waals surface area (Å²) in [5.74, 6) is 0.0541. The number of likely N-dealkylation sites (N-methyl/N-ethyl adjacent to an activating group) is 1. The third-order valence-corrected chi connectivity index (χ3v) is 3.20. The Morgan fingerprint density at radius 2 is 2.44 bits per heavy atom. The summed E-state index contributed by atoms with van der Waals surface area (Å²) in [4.78, 5) is 16.4. The quantitative estimate of drug-likeness (QED) is 0.759. The van der Waals surface area contributed by atoms with Crippen molar-refractivity contribution in [3.63, 3.8) is 0 Å². The van der Waals surface area contributed by atoms with Crippen LogP contribution in [0.5, 0.6) is 0 Å². The summed E-state index contributed by atoms with van der Waals surface area (Å²) in [6, 6.07) is 5.74. The average molecular weight is 219 g/mol. The molecule has 1 aliphatic heterocycles. The summed E-state index contributed by atoms with van der Waals surface area (Å²) < 4.78 is 0. The molecule has 1 aliphatic rings. The third-order valence-electron chi connectivity index (χ3n) is 3.20.